The van der Waals surface area contributed by atoms with E-state index in [1.165, 1.54) is 36.0 Å². The van der Waals surface area contributed by atoms with Crippen LogP contribution in [0.15, 0.2) is 18.2 Å². The van der Waals surface area contributed by atoms with Crippen LogP contribution in [-0.2, 0) is 22.5 Å². The van der Waals surface area contributed by atoms with Crippen LogP contribution >= 0.6 is 0 Å². The first-order chi connectivity index (χ1) is 13.6. The molecule has 1 fully saturated rings. The van der Waals surface area contributed by atoms with Gasteiger partial charge in [0, 0.05) is 33.2 Å². The number of rotatable bonds is 11. The second kappa shape index (κ2) is 12.2. The maximum atomic E-state index is 12.4. The van der Waals surface area contributed by atoms with Crippen LogP contribution in [0.5, 0.6) is 0 Å². The fraction of sp³-hybridized carbons (Fsp3) is 0.708. The molecule has 0 saturated heterocycles. The van der Waals surface area contributed by atoms with Crippen molar-refractivity contribution in [3.63, 3.8) is 0 Å². The summed E-state index contributed by atoms with van der Waals surface area (Å²) in [6.45, 7) is 3.86. The Morgan fingerprint density at radius 2 is 1.96 bits per heavy atom. The van der Waals surface area contributed by atoms with Crippen molar-refractivity contribution in [2.24, 2.45) is 0 Å². The van der Waals surface area contributed by atoms with Crippen LogP contribution in [0.2, 0.25) is 0 Å². The van der Waals surface area contributed by atoms with E-state index in [1.54, 1.807) is 7.11 Å². The van der Waals surface area contributed by atoms with Crippen LogP contribution in [0.3, 0.4) is 0 Å². The lowest BCUT2D eigenvalue weighted by molar-refractivity contribution is -0.132. The number of hydrogen-bond acceptors (Lipinski definition) is 3. The Labute approximate surface area is 172 Å². The summed E-state index contributed by atoms with van der Waals surface area (Å²) in [6.07, 6.45) is 9.59. The number of hydrogen-bond donors (Lipinski definition) is 1. The quantitative estimate of drug-likeness (QED) is 0.561. The molecule has 1 aliphatic carbocycles. The van der Waals surface area contributed by atoms with Gasteiger partial charge in [-0.3, -0.25) is 4.79 Å². The third-order valence-electron chi connectivity index (χ3n) is 6.24. The molecular weight excluding hydrogens is 348 g/mol. The molecule has 0 radical (unpaired) electrons. The molecule has 0 aromatic heterocycles. The summed E-state index contributed by atoms with van der Waals surface area (Å²) >= 11 is 0. The van der Waals surface area contributed by atoms with Crippen LogP contribution in [0.25, 0.3) is 0 Å². The Morgan fingerprint density at radius 3 is 2.61 bits per heavy atom. The molecule has 0 aliphatic heterocycles. The predicted octanol–water partition coefficient (Wildman–Crippen LogP) is 4.66. The summed E-state index contributed by atoms with van der Waals surface area (Å²) in [6, 6.07) is 7.37. The van der Waals surface area contributed by atoms with E-state index in [4.69, 9.17) is 4.74 Å². The highest BCUT2D eigenvalue weighted by molar-refractivity contribution is 5.76. The fourth-order valence-electron chi connectivity index (χ4n) is 4.46. The molecule has 1 saturated carbocycles. The average molecular weight is 389 g/mol. The molecule has 0 unspecified atom stereocenters. The third kappa shape index (κ3) is 6.59. The molecule has 0 heterocycles. The van der Waals surface area contributed by atoms with Crippen molar-refractivity contribution >= 4 is 5.91 Å². The van der Waals surface area contributed by atoms with Gasteiger partial charge in [0.25, 0.3) is 0 Å². The summed E-state index contributed by atoms with van der Waals surface area (Å²) in [5.74, 6) is 0.940. The largest absolute Gasteiger partial charge is 0.384 e. The average Bonchev–Trinajstić information content (AvgIpc) is 2.72. The highest BCUT2D eigenvalue weighted by Gasteiger charge is 2.28. The van der Waals surface area contributed by atoms with Crippen molar-refractivity contribution < 1.29 is 9.53 Å². The van der Waals surface area contributed by atoms with E-state index in [-0.39, 0.29) is 0 Å². The number of amides is 1. The van der Waals surface area contributed by atoms with Crippen LogP contribution < -0.4 is 5.32 Å². The fourth-order valence-corrected chi connectivity index (χ4v) is 4.46. The van der Waals surface area contributed by atoms with Crippen molar-refractivity contribution in [2.75, 3.05) is 27.8 Å². The van der Waals surface area contributed by atoms with Crippen molar-refractivity contribution in [1.82, 2.24) is 10.2 Å². The molecule has 28 heavy (non-hydrogen) atoms. The van der Waals surface area contributed by atoms with E-state index in [0.717, 1.165) is 45.3 Å². The second-order valence-corrected chi connectivity index (χ2v) is 8.27. The first-order valence-electron chi connectivity index (χ1n) is 11.1. The van der Waals surface area contributed by atoms with Crippen molar-refractivity contribution in [1.29, 1.82) is 0 Å². The minimum Gasteiger partial charge on any atom is -0.384 e. The van der Waals surface area contributed by atoms with Gasteiger partial charge in [-0.2, -0.15) is 0 Å². The first kappa shape index (κ1) is 22.9. The van der Waals surface area contributed by atoms with E-state index in [2.05, 4.69) is 30.4 Å². The standard InChI is InChI=1S/C24H40N2O2/c1-5-6-7-8-24(27)26(3)22-12-10-20(11-13-22)23-14-9-19(15-16-28-4)17-21(23)18-25-2/h9,14,17,20,22,25H,5-8,10-13,15-16,18H2,1-4H3. The van der Waals surface area contributed by atoms with Crippen molar-refractivity contribution in [2.45, 2.75) is 83.2 Å². The summed E-state index contributed by atoms with van der Waals surface area (Å²) in [5, 5.41) is 3.33. The van der Waals surface area contributed by atoms with Gasteiger partial charge >= 0.3 is 0 Å². The summed E-state index contributed by atoms with van der Waals surface area (Å²) in [5.41, 5.74) is 4.26. The minimum absolute atomic E-state index is 0.329. The summed E-state index contributed by atoms with van der Waals surface area (Å²) < 4.78 is 5.23. The molecule has 0 spiro atoms. The van der Waals surface area contributed by atoms with Crippen molar-refractivity contribution in [3.05, 3.63) is 34.9 Å². The van der Waals surface area contributed by atoms with E-state index < -0.39 is 0 Å². The van der Waals surface area contributed by atoms with Gasteiger partial charge in [-0.25, -0.2) is 0 Å². The zero-order valence-corrected chi connectivity index (χ0v) is 18.4. The molecule has 1 amide bonds. The van der Waals surface area contributed by atoms with E-state index in [9.17, 15) is 4.79 Å². The molecule has 1 N–H and O–H groups in total. The Balaban J connectivity index is 1.95. The zero-order valence-electron chi connectivity index (χ0n) is 18.4. The monoisotopic (exact) mass is 388 g/mol. The van der Waals surface area contributed by atoms with Crippen LogP contribution in [0, 0.1) is 0 Å². The van der Waals surface area contributed by atoms with Gasteiger partial charge in [-0.1, -0.05) is 38.0 Å². The lowest BCUT2D eigenvalue weighted by Gasteiger charge is -2.35. The van der Waals surface area contributed by atoms with Gasteiger partial charge in [0.15, 0.2) is 0 Å². The number of unbranched alkanes of at least 4 members (excludes halogenated alkanes) is 2. The number of carbonyl (C=O) groups is 1. The van der Waals surface area contributed by atoms with Crippen LogP contribution in [0.4, 0.5) is 0 Å². The molecule has 4 nitrogen and oxygen atoms in total. The summed E-state index contributed by atoms with van der Waals surface area (Å²) in [7, 11) is 5.78. The van der Waals surface area contributed by atoms with Gasteiger partial charge in [0.1, 0.15) is 0 Å². The smallest absolute Gasteiger partial charge is 0.222 e. The second-order valence-electron chi connectivity index (χ2n) is 8.27. The third-order valence-corrected chi connectivity index (χ3v) is 6.24. The molecule has 0 atom stereocenters. The molecule has 1 aromatic rings. The van der Waals surface area contributed by atoms with E-state index in [1.807, 2.05) is 19.0 Å². The highest BCUT2D eigenvalue weighted by atomic mass is 16.5. The topological polar surface area (TPSA) is 41.6 Å². The first-order valence-corrected chi connectivity index (χ1v) is 11.1. The Hall–Kier alpha value is -1.39. The van der Waals surface area contributed by atoms with Gasteiger partial charge in [-0.05, 0) is 68.2 Å². The Bertz CT molecular complexity index is 594. The molecular formula is C24H40N2O2. The number of benzene rings is 1. The number of carbonyl (C=O) groups excluding carboxylic acids is 1. The van der Waals surface area contributed by atoms with Gasteiger partial charge < -0.3 is 15.0 Å². The molecule has 158 valence electrons. The number of nitrogens with zero attached hydrogens (tertiary/aromatic N) is 1. The maximum Gasteiger partial charge on any atom is 0.222 e. The number of methoxy groups -OCH3 is 1. The zero-order chi connectivity index (χ0) is 20.4. The number of nitrogens with one attached hydrogen (secondary N) is 1. The lowest BCUT2D eigenvalue weighted by Crippen LogP contribution is -2.39. The van der Waals surface area contributed by atoms with E-state index in [0.29, 0.717) is 24.3 Å². The molecule has 0 bridgehead atoms. The summed E-state index contributed by atoms with van der Waals surface area (Å²) in [4.78, 5) is 14.5. The predicted molar refractivity (Wildman–Crippen MR) is 117 cm³/mol. The highest BCUT2D eigenvalue weighted by Crippen LogP contribution is 2.36. The Kier molecular flexibility index (Phi) is 10.0. The maximum absolute atomic E-state index is 12.4. The SMILES string of the molecule is CCCCCC(=O)N(C)C1CCC(c2ccc(CCOC)cc2CNC)CC1. The molecule has 1 aliphatic rings. The van der Waals surface area contributed by atoms with Gasteiger partial charge in [0.05, 0.1) is 6.61 Å². The lowest BCUT2D eigenvalue weighted by atomic mass is 9.79. The minimum atomic E-state index is 0.329. The van der Waals surface area contributed by atoms with E-state index >= 15 is 0 Å². The Morgan fingerprint density at radius 1 is 1.21 bits per heavy atom. The number of ether oxygens (including phenoxy) is 1. The molecule has 2 rings (SSSR count). The van der Waals surface area contributed by atoms with Crippen LogP contribution in [-0.4, -0.2) is 44.7 Å². The van der Waals surface area contributed by atoms with Gasteiger partial charge in [0.2, 0.25) is 5.91 Å². The molecule has 1 aromatic carbocycles. The normalized spacial score (nSPS) is 19.6. The van der Waals surface area contributed by atoms with Crippen molar-refractivity contribution in [3.8, 4) is 0 Å². The van der Waals surface area contributed by atoms with Crippen LogP contribution in [0.1, 0.15) is 80.9 Å². The van der Waals surface area contributed by atoms with Gasteiger partial charge in [-0.15, -0.1) is 0 Å². The molecule has 4 heteroatoms.